The van der Waals surface area contributed by atoms with Crippen molar-refractivity contribution in [2.75, 3.05) is 0 Å². The monoisotopic (exact) mass is 255 g/mol. The largest absolute Gasteiger partial charge is 0.290 e. The van der Waals surface area contributed by atoms with E-state index in [4.69, 9.17) is 0 Å². The predicted molar refractivity (Wildman–Crippen MR) is 77.5 cm³/mol. The molecule has 0 bridgehead atoms. The predicted octanol–water partition coefficient (Wildman–Crippen LogP) is 3.28. The Balaban J connectivity index is 2.13. The van der Waals surface area contributed by atoms with E-state index in [2.05, 4.69) is 47.8 Å². The first-order valence-corrected chi connectivity index (χ1v) is 6.58. The van der Waals surface area contributed by atoms with Crippen LogP contribution in [0.2, 0.25) is 0 Å². The molecule has 2 aromatic heterocycles. The average molecular weight is 255 g/mol. The van der Waals surface area contributed by atoms with Crippen molar-refractivity contribution in [1.82, 2.24) is 14.9 Å². The standard InChI is InChI=1S/C16H21N3/c1-16(2,3)19(12-14-6-4-8-17-10-14)13-15-7-5-9-18-11-15/h4-11H,12-13H2,1-3H3. The van der Waals surface area contributed by atoms with Gasteiger partial charge in [0, 0.05) is 43.4 Å². The summed E-state index contributed by atoms with van der Waals surface area (Å²) in [5.41, 5.74) is 2.58. The number of nitrogens with zero attached hydrogens (tertiary/aromatic N) is 3. The van der Waals surface area contributed by atoms with Crippen LogP contribution in [0.15, 0.2) is 49.1 Å². The molecule has 0 atom stereocenters. The van der Waals surface area contributed by atoms with Gasteiger partial charge in [-0.3, -0.25) is 14.9 Å². The van der Waals surface area contributed by atoms with Crippen molar-refractivity contribution >= 4 is 0 Å². The van der Waals surface area contributed by atoms with Gasteiger partial charge in [-0.25, -0.2) is 0 Å². The summed E-state index contributed by atoms with van der Waals surface area (Å²) in [5, 5.41) is 0. The first kappa shape index (κ1) is 13.7. The molecule has 0 amide bonds. The minimum atomic E-state index is 0.103. The van der Waals surface area contributed by atoms with Crippen LogP contribution in [0.5, 0.6) is 0 Å². The highest BCUT2D eigenvalue weighted by atomic mass is 15.2. The summed E-state index contributed by atoms with van der Waals surface area (Å²) in [7, 11) is 0. The normalized spacial score (nSPS) is 11.8. The summed E-state index contributed by atoms with van der Waals surface area (Å²) in [4.78, 5) is 10.8. The van der Waals surface area contributed by atoms with Crippen LogP contribution < -0.4 is 0 Å². The minimum absolute atomic E-state index is 0.103. The van der Waals surface area contributed by atoms with Gasteiger partial charge in [0.1, 0.15) is 0 Å². The summed E-state index contributed by atoms with van der Waals surface area (Å²) >= 11 is 0. The second kappa shape index (κ2) is 5.93. The molecule has 0 aliphatic heterocycles. The zero-order chi connectivity index (χ0) is 13.7. The molecule has 2 rings (SSSR count). The van der Waals surface area contributed by atoms with E-state index >= 15 is 0 Å². The number of pyridine rings is 2. The molecule has 0 aliphatic rings. The van der Waals surface area contributed by atoms with Crippen LogP contribution in [0.1, 0.15) is 31.9 Å². The Kier molecular flexibility index (Phi) is 4.27. The Morgan fingerprint density at radius 2 is 1.37 bits per heavy atom. The number of aromatic nitrogens is 2. The van der Waals surface area contributed by atoms with E-state index in [9.17, 15) is 0 Å². The van der Waals surface area contributed by atoms with E-state index in [0.717, 1.165) is 13.1 Å². The van der Waals surface area contributed by atoms with Crippen molar-refractivity contribution in [1.29, 1.82) is 0 Å². The lowest BCUT2D eigenvalue weighted by Crippen LogP contribution is -2.40. The molecule has 100 valence electrons. The van der Waals surface area contributed by atoms with Gasteiger partial charge in [-0.05, 0) is 44.0 Å². The number of hydrogen-bond acceptors (Lipinski definition) is 3. The van der Waals surface area contributed by atoms with Crippen LogP contribution in [0, 0.1) is 0 Å². The van der Waals surface area contributed by atoms with Crippen LogP contribution >= 0.6 is 0 Å². The first-order chi connectivity index (χ1) is 9.05. The molecule has 0 unspecified atom stereocenters. The van der Waals surface area contributed by atoms with Gasteiger partial charge in [0.2, 0.25) is 0 Å². The average Bonchev–Trinajstić information content (AvgIpc) is 2.39. The van der Waals surface area contributed by atoms with Crippen LogP contribution in [0.3, 0.4) is 0 Å². The fourth-order valence-corrected chi connectivity index (χ4v) is 1.95. The third-order valence-electron chi connectivity index (χ3n) is 3.14. The summed E-state index contributed by atoms with van der Waals surface area (Å²) in [6.07, 6.45) is 7.49. The van der Waals surface area contributed by atoms with Crippen molar-refractivity contribution in [2.45, 2.75) is 39.4 Å². The van der Waals surface area contributed by atoms with Crippen molar-refractivity contribution in [3.05, 3.63) is 60.2 Å². The van der Waals surface area contributed by atoms with E-state index in [0.29, 0.717) is 0 Å². The molecule has 0 spiro atoms. The Morgan fingerprint density at radius 1 is 0.895 bits per heavy atom. The zero-order valence-corrected chi connectivity index (χ0v) is 11.9. The van der Waals surface area contributed by atoms with Crippen LogP contribution in [0.25, 0.3) is 0 Å². The van der Waals surface area contributed by atoms with E-state index < -0.39 is 0 Å². The molecule has 0 N–H and O–H groups in total. The molecule has 3 heteroatoms. The molecule has 2 heterocycles. The van der Waals surface area contributed by atoms with Gasteiger partial charge in [-0.2, -0.15) is 0 Å². The highest BCUT2D eigenvalue weighted by Crippen LogP contribution is 2.19. The fourth-order valence-electron chi connectivity index (χ4n) is 1.95. The summed E-state index contributed by atoms with van der Waals surface area (Å²) in [5.74, 6) is 0. The van der Waals surface area contributed by atoms with Crippen molar-refractivity contribution in [3.63, 3.8) is 0 Å². The van der Waals surface area contributed by atoms with E-state index in [1.54, 1.807) is 0 Å². The second-order valence-corrected chi connectivity index (χ2v) is 5.75. The van der Waals surface area contributed by atoms with Gasteiger partial charge >= 0.3 is 0 Å². The quantitative estimate of drug-likeness (QED) is 0.839. The maximum absolute atomic E-state index is 4.19. The molecule has 3 nitrogen and oxygen atoms in total. The molecule has 0 saturated heterocycles. The van der Waals surface area contributed by atoms with Crippen LogP contribution in [0.4, 0.5) is 0 Å². The lowest BCUT2D eigenvalue weighted by Gasteiger charge is -2.35. The van der Waals surface area contributed by atoms with Gasteiger partial charge in [-0.1, -0.05) is 12.1 Å². The SMILES string of the molecule is CC(C)(C)N(Cc1cccnc1)Cc1cccnc1. The highest BCUT2D eigenvalue weighted by Gasteiger charge is 2.21. The molecule has 0 aliphatic carbocycles. The van der Waals surface area contributed by atoms with E-state index in [-0.39, 0.29) is 5.54 Å². The van der Waals surface area contributed by atoms with Crippen molar-refractivity contribution in [2.24, 2.45) is 0 Å². The molecule has 0 saturated carbocycles. The van der Waals surface area contributed by atoms with Crippen LogP contribution in [-0.4, -0.2) is 20.4 Å². The van der Waals surface area contributed by atoms with Gasteiger partial charge in [0.25, 0.3) is 0 Å². The summed E-state index contributed by atoms with van der Waals surface area (Å²) in [6, 6.07) is 8.21. The lowest BCUT2D eigenvalue weighted by atomic mass is 10.0. The lowest BCUT2D eigenvalue weighted by molar-refractivity contribution is 0.118. The van der Waals surface area contributed by atoms with E-state index in [1.807, 2.05) is 36.9 Å². The summed E-state index contributed by atoms with van der Waals surface area (Å²) < 4.78 is 0. The van der Waals surface area contributed by atoms with Crippen molar-refractivity contribution < 1.29 is 0 Å². The Labute approximate surface area is 115 Å². The van der Waals surface area contributed by atoms with Crippen LogP contribution in [-0.2, 0) is 13.1 Å². The second-order valence-electron chi connectivity index (χ2n) is 5.75. The highest BCUT2D eigenvalue weighted by molar-refractivity contribution is 5.12. The molecule has 2 aromatic rings. The number of hydrogen-bond donors (Lipinski definition) is 0. The third-order valence-corrected chi connectivity index (χ3v) is 3.14. The molecular weight excluding hydrogens is 234 g/mol. The van der Waals surface area contributed by atoms with Gasteiger partial charge in [-0.15, -0.1) is 0 Å². The van der Waals surface area contributed by atoms with Gasteiger partial charge < -0.3 is 0 Å². The molecule has 19 heavy (non-hydrogen) atoms. The molecule has 0 aromatic carbocycles. The van der Waals surface area contributed by atoms with Crippen molar-refractivity contribution in [3.8, 4) is 0 Å². The topological polar surface area (TPSA) is 29.0 Å². The maximum atomic E-state index is 4.19. The smallest absolute Gasteiger partial charge is 0.0312 e. The molecule has 0 fully saturated rings. The maximum Gasteiger partial charge on any atom is 0.0312 e. The molecule has 0 radical (unpaired) electrons. The van der Waals surface area contributed by atoms with Gasteiger partial charge in [0.05, 0.1) is 0 Å². The Morgan fingerprint density at radius 3 is 1.68 bits per heavy atom. The zero-order valence-electron chi connectivity index (χ0n) is 11.9. The summed E-state index contributed by atoms with van der Waals surface area (Å²) in [6.45, 7) is 8.50. The minimum Gasteiger partial charge on any atom is -0.290 e. The first-order valence-electron chi connectivity index (χ1n) is 6.58. The Bertz CT molecular complexity index is 447. The van der Waals surface area contributed by atoms with E-state index in [1.165, 1.54) is 11.1 Å². The Hall–Kier alpha value is -1.74. The fraction of sp³-hybridized carbons (Fsp3) is 0.375. The number of rotatable bonds is 4. The third kappa shape index (κ3) is 4.14. The van der Waals surface area contributed by atoms with Gasteiger partial charge in [0.15, 0.2) is 0 Å². The molecular formula is C16H21N3.